The van der Waals surface area contributed by atoms with Gasteiger partial charge in [-0.25, -0.2) is 0 Å². The zero-order valence-electron chi connectivity index (χ0n) is 17.3. The quantitative estimate of drug-likeness (QED) is 0.779. The number of hydrogen-bond acceptors (Lipinski definition) is 4. The molecule has 0 unspecified atom stereocenters. The molecular formula is C22H32O5. The van der Waals surface area contributed by atoms with Gasteiger partial charge in [-0.3, -0.25) is 4.79 Å². The summed E-state index contributed by atoms with van der Waals surface area (Å²) < 4.78 is 16.9. The van der Waals surface area contributed by atoms with Crippen molar-refractivity contribution < 1.29 is 24.1 Å². The monoisotopic (exact) mass is 376 g/mol. The Kier molecular flexibility index (Phi) is 5.41. The Morgan fingerprint density at radius 2 is 1.85 bits per heavy atom. The van der Waals surface area contributed by atoms with Gasteiger partial charge in [0.15, 0.2) is 12.6 Å². The summed E-state index contributed by atoms with van der Waals surface area (Å²) in [6.45, 7) is 8.64. The SMILES string of the molecule is CO[C@H]1O[C@@H](OC)c2c1ccc([C@@]1(C)CCCC(C)(C)C1)c2[C@@H](C)C(=O)O. The molecule has 0 amide bonds. The summed E-state index contributed by atoms with van der Waals surface area (Å²) in [6, 6.07) is 4.13. The lowest BCUT2D eigenvalue weighted by atomic mass is 9.60. The molecule has 1 aliphatic heterocycles. The topological polar surface area (TPSA) is 65.0 Å². The Morgan fingerprint density at radius 3 is 2.41 bits per heavy atom. The predicted molar refractivity (Wildman–Crippen MR) is 103 cm³/mol. The number of hydrogen-bond donors (Lipinski definition) is 1. The molecule has 1 saturated carbocycles. The first-order valence-corrected chi connectivity index (χ1v) is 9.74. The normalized spacial score (nSPS) is 30.7. The molecule has 1 aliphatic carbocycles. The van der Waals surface area contributed by atoms with E-state index >= 15 is 0 Å². The fourth-order valence-electron chi connectivity index (χ4n) is 5.27. The Balaban J connectivity index is 2.22. The second kappa shape index (κ2) is 7.19. The molecule has 5 heteroatoms. The fraction of sp³-hybridized carbons (Fsp3) is 0.682. The summed E-state index contributed by atoms with van der Waals surface area (Å²) in [5, 5.41) is 9.85. The number of ether oxygens (including phenoxy) is 3. The standard InChI is InChI=1S/C22H32O5/c1-13(18(23)24)16-15(22(4)11-7-10-21(2,3)12-22)9-8-14-17(16)20(26-6)27-19(14)25-5/h8-9,13,19-20H,7,10-12H2,1-6H3,(H,23,24)/t13-,19+,20-,22+/m1/s1. The van der Waals surface area contributed by atoms with Gasteiger partial charge < -0.3 is 19.3 Å². The van der Waals surface area contributed by atoms with Gasteiger partial charge in [0.05, 0.1) is 5.92 Å². The molecule has 150 valence electrons. The highest BCUT2D eigenvalue weighted by Crippen LogP contribution is 2.52. The minimum Gasteiger partial charge on any atom is -0.481 e. The van der Waals surface area contributed by atoms with Gasteiger partial charge in [0.2, 0.25) is 0 Å². The van der Waals surface area contributed by atoms with Crippen LogP contribution in [-0.4, -0.2) is 25.3 Å². The van der Waals surface area contributed by atoms with Crippen LogP contribution in [0.15, 0.2) is 12.1 Å². The number of benzene rings is 1. The van der Waals surface area contributed by atoms with Crippen LogP contribution in [0.5, 0.6) is 0 Å². The third-order valence-electron chi connectivity index (χ3n) is 6.39. The van der Waals surface area contributed by atoms with Crippen LogP contribution in [0.4, 0.5) is 0 Å². The van der Waals surface area contributed by atoms with Crippen molar-refractivity contribution in [3.05, 3.63) is 34.4 Å². The Labute approximate surface area is 162 Å². The van der Waals surface area contributed by atoms with E-state index in [9.17, 15) is 9.90 Å². The molecule has 2 aliphatic rings. The molecule has 0 radical (unpaired) electrons. The average Bonchev–Trinajstić information content (AvgIpc) is 2.97. The second-order valence-corrected chi connectivity index (χ2v) is 9.12. The first-order chi connectivity index (χ1) is 12.6. The minimum atomic E-state index is -0.834. The molecule has 1 N–H and O–H groups in total. The molecule has 0 bridgehead atoms. The molecule has 1 aromatic rings. The van der Waals surface area contributed by atoms with E-state index in [0.29, 0.717) is 0 Å². The number of aliphatic carboxylic acids is 1. The average molecular weight is 376 g/mol. The summed E-state index contributed by atoms with van der Waals surface area (Å²) in [6.07, 6.45) is 3.29. The zero-order valence-corrected chi connectivity index (χ0v) is 17.3. The highest BCUT2D eigenvalue weighted by Gasteiger charge is 2.44. The summed E-state index contributed by atoms with van der Waals surface area (Å²) in [5.41, 5.74) is 3.83. The molecule has 0 aromatic heterocycles. The highest BCUT2D eigenvalue weighted by molar-refractivity contribution is 5.77. The fourth-order valence-corrected chi connectivity index (χ4v) is 5.27. The third-order valence-corrected chi connectivity index (χ3v) is 6.39. The van der Waals surface area contributed by atoms with Gasteiger partial charge in [-0.2, -0.15) is 0 Å². The summed E-state index contributed by atoms with van der Waals surface area (Å²) in [4.78, 5) is 12.0. The minimum absolute atomic E-state index is 0.0702. The van der Waals surface area contributed by atoms with Crippen molar-refractivity contribution in [1.29, 1.82) is 0 Å². The first-order valence-electron chi connectivity index (χ1n) is 9.74. The van der Waals surface area contributed by atoms with Crippen molar-refractivity contribution in [2.75, 3.05) is 14.2 Å². The third kappa shape index (κ3) is 3.53. The van der Waals surface area contributed by atoms with Crippen molar-refractivity contribution >= 4 is 5.97 Å². The number of methoxy groups -OCH3 is 2. The summed E-state index contributed by atoms with van der Waals surface area (Å²) >= 11 is 0. The highest BCUT2D eigenvalue weighted by atomic mass is 16.8. The number of rotatable bonds is 5. The van der Waals surface area contributed by atoms with Gasteiger partial charge in [0, 0.05) is 25.3 Å². The van der Waals surface area contributed by atoms with E-state index in [4.69, 9.17) is 14.2 Å². The van der Waals surface area contributed by atoms with Crippen LogP contribution in [0.1, 0.15) is 94.1 Å². The van der Waals surface area contributed by atoms with Gasteiger partial charge in [-0.05, 0) is 48.1 Å². The Bertz CT molecular complexity index is 726. The number of fused-ring (bicyclic) bond motifs is 1. The van der Waals surface area contributed by atoms with Gasteiger partial charge in [0.1, 0.15) is 0 Å². The molecule has 0 spiro atoms. The van der Waals surface area contributed by atoms with E-state index in [1.54, 1.807) is 21.1 Å². The smallest absolute Gasteiger partial charge is 0.310 e. The molecule has 0 saturated heterocycles. The van der Waals surface area contributed by atoms with Crippen LogP contribution in [-0.2, 0) is 24.4 Å². The maximum atomic E-state index is 12.0. The van der Waals surface area contributed by atoms with Gasteiger partial charge in [-0.15, -0.1) is 0 Å². The molecule has 4 atom stereocenters. The predicted octanol–water partition coefficient (Wildman–Crippen LogP) is 5.05. The molecule has 3 rings (SSSR count). The van der Waals surface area contributed by atoms with Gasteiger partial charge >= 0.3 is 5.97 Å². The van der Waals surface area contributed by atoms with Gasteiger partial charge in [0.25, 0.3) is 0 Å². The van der Waals surface area contributed by atoms with E-state index in [1.807, 2.05) is 6.07 Å². The van der Waals surface area contributed by atoms with Crippen LogP contribution >= 0.6 is 0 Å². The van der Waals surface area contributed by atoms with Crippen LogP contribution < -0.4 is 0 Å². The lowest BCUT2D eigenvalue weighted by Gasteiger charge is -2.44. The lowest BCUT2D eigenvalue weighted by Crippen LogP contribution is -2.36. The molecular weight excluding hydrogens is 344 g/mol. The molecule has 5 nitrogen and oxygen atoms in total. The Hall–Kier alpha value is -1.43. The van der Waals surface area contributed by atoms with Crippen molar-refractivity contribution in [2.45, 2.75) is 77.3 Å². The number of carboxylic acid groups (broad SMARTS) is 1. The van der Waals surface area contributed by atoms with Crippen LogP contribution in [0, 0.1) is 5.41 Å². The first kappa shape index (κ1) is 20.3. The van der Waals surface area contributed by atoms with Crippen LogP contribution in [0.3, 0.4) is 0 Å². The molecule has 1 aromatic carbocycles. The largest absolute Gasteiger partial charge is 0.481 e. The maximum absolute atomic E-state index is 12.0. The van der Waals surface area contributed by atoms with E-state index in [0.717, 1.165) is 41.5 Å². The van der Waals surface area contributed by atoms with E-state index in [-0.39, 0.29) is 10.8 Å². The van der Waals surface area contributed by atoms with Crippen LogP contribution in [0.2, 0.25) is 0 Å². The van der Waals surface area contributed by atoms with E-state index < -0.39 is 24.5 Å². The van der Waals surface area contributed by atoms with Crippen molar-refractivity contribution in [3.63, 3.8) is 0 Å². The zero-order chi connectivity index (χ0) is 20.0. The number of carbonyl (C=O) groups is 1. The van der Waals surface area contributed by atoms with Crippen molar-refractivity contribution in [3.8, 4) is 0 Å². The molecule has 1 heterocycles. The molecule has 27 heavy (non-hydrogen) atoms. The maximum Gasteiger partial charge on any atom is 0.310 e. The number of carboxylic acids is 1. The second-order valence-electron chi connectivity index (χ2n) is 9.12. The van der Waals surface area contributed by atoms with Gasteiger partial charge in [-0.1, -0.05) is 39.3 Å². The molecule has 1 fully saturated rings. The van der Waals surface area contributed by atoms with Crippen LogP contribution in [0.25, 0.3) is 0 Å². The summed E-state index contributed by atoms with van der Waals surface area (Å²) in [5.74, 6) is -1.48. The van der Waals surface area contributed by atoms with E-state index in [2.05, 4.69) is 26.8 Å². The Morgan fingerprint density at radius 1 is 1.19 bits per heavy atom. The van der Waals surface area contributed by atoms with Crippen molar-refractivity contribution in [1.82, 2.24) is 0 Å². The summed E-state index contributed by atoms with van der Waals surface area (Å²) in [7, 11) is 3.17. The lowest BCUT2D eigenvalue weighted by molar-refractivity contribution is -0.217. The van der Waals surface area contributed by atoms with E-state index in [1.165, 1.54) is 6.42 Å². The van der Waals surface area contributed by atoms with Crippen molar-refractivity contribution in [2.24, 2.45) is 5.41 Å².